The normalized spacial score (nSPS) is 12.7. The van der Waals surface area contributed by atoms with Crippen LogP contribution in [-0.4, -0.2) is 4.98 Å². The van der Waals surface area contributed by atoms with Crippen molar-refractivity contribution in [3.05, 3.63) is 30.1 Å². The molecule has 1 rings (SSSR count). The van der Waals surface area contributed by atoms with Crippen molar-refractivity contribution in [2.24, 2.45) is 0 Å². The van der Waals surface area contributed by atoms with E-state index in [4.69, 9.17) is 0 Å². The molecule has 78 valence electrons. The van der Waals surface area contributed by atoms with E-state index in [1.807, 2.05) is 12.4 Å². The fourth-order valence-electron chi connectivity index (χ4n) is 1.91. The summed E-state index contributed by atoms with van der Waals surface area (Å²) >= 11 is 0. The Morgan fingerprint density at radius 2 is 1.79 bits per heavy atom. The zero-order chi connectivity index (χ0) is 10.2. The number of nitrogens with zero attached hydrogens (tertiary/aromatic N) is 1. The number of hydrogen-bond acceptors (Lipinski definition) is 1. The highest BCUT2D eigenvalue weighted by Gasteiger charge is 2.08. The minimum atomic E-state index is 0.753. The molecule has 0 aromatic carbocycles. The number of hydrogen-bond donors (Lipinski definition) is 0. The van der Waals surface area contributed by atoms with Crippen molar-refractivity contribution in [1.82, 2.24) is 4.98 Å². The van der Waals surface area contributed by atoms with Crippen molar-refractivity contribution in [3.8, 4) is 0 Å². The molecular weight excluding hydrogens is 170 g/mol. The molecule has 0 spiro atoms. The Morgan fingerprint density at radius 1 is 1.07 bits per heavy atom. The molecule has 1 heteroatoms. The molecule has 1 heterocycles. The van der Waals surface area contributed by atoms with E-state index in [1.54, 1.807) is 0 Å². The molecule has 1 unspecified atom stereocenters. The van der Waals surface area contributed by atoms with E-state index in [0.29, 0.717) is 0 Å². The minimum Gasteiger partial charge on any atom is -0.265 e. The molecule has 0 aliphatic carbocycles. The lowest BCUT2D eigenvalue weighted by molar-refractivity contribution is 0.540. The fourth-order valence-corrected chi connectivity index (χ4v) is 1.91. The number of pyridine rings is 1. The lowest BCUT2D eigenvalue weighted by atomic mass is 9.90. The van der Waals surface area contributed by atoms with Gasteiger partial charge in [0.05, 0.1) is 0 Å². The van der Waals surface area contributed by atoms with Crippen molar-refractivity contribution >= 4 is 0 Å². The predicted octanol–water partition coefficient (Wildman–Crippen LogP) is 4.16. The summed E-state index contributed by atoms with van der Waals surface area (Å²) in [5, 5.41) is 0. The van der Waals surface area contributed by atoms with Crippen LogP contribution in [0.15, 0.2) is 24.5 Å². The monoisotopic (exact) mass is 191 g/mol. The summed E-state index contributed by atoms with van der Waals surface area (Å²) < 4.78 is 0. The van der Waals surface area contributed by atoms with Gasteiger partial charge in [-0.05, 0) is 36.5 Å². The summed E-state index contributed by atoms with van der Waals surface area (Å²) in [5.41, 5.74) is 1.47. The largest absolute Gasteiger partial charge is 0.265 e. The van der Waals surface area contributed by atoms with Crippen molar-refractivity contribution in [2.75, 3.05) is 0 Å². The highest BCUT2D eigenvalue weighted by atomic mass is 14.6. The second kappa shape index (κ2) is 6.58. The second-order valence-electron chi connectivity index (χ2n) is 3.91. The van der Waals surface area contributed by atoms with E-state index in [-0.39, 0.29) is 0 Å². The third-order valence-corrected chi connectivity index (χ3v) is 2.72. The fraction of sp³-hybridized carbons (Fsp3) is 0.615. The third-order valence-electron chi connectivity index (χ3n) is 2.72. The Hall–Kier alpha value is -0.850. The molecule has 0 fully saturated rings. The summed E-state index contributed by atoms with van der Waals surface area (Å²) in [5.74, 6) is 0.753. The van der Waals surface area contributed by atoms with E-state index >= 15 is 0 Å². The Morgan fingerprint density at radius 3 is 2.36 bits per heavy atom. The maximum atomic E-state index is 4.07. The quantitative estimate of drug-likeness (QED) is 0.658. The maximum Gasteiger partial charge on any atom is 0.0270 e. The number of rotatable bonds is 6. The van der Waals surface area contributed by atoms with Crippen LogP contribution in [0.5, 0.6) is 0 Å². The molecule has 0 saturated carbocycles. The smallest absolute Gasteiger partial charge is 0.0270 e. The highest BCUT2D eigenvalue weighted by Crippen LogP contribution is 2.26. The zero-order valence-corrected chi connectivity index (χ0v) is 9.37. The van der Waals surface area contributed by atoms with Gasteiger partial charge in [-0.2, -0.15) is 0 Å². The van der Waals surface area contributed by atoms with Crippen molar-refractivity contribution < 1.29 is 0 Å². The van der Waals surface area contributed by atoms with Crippen molar-refractivity contribution in [2.45, 2.75) is 51.9 Å². The second-order valence-corrected chi connectivity index (χ2v) is 3.91. The van der Waals surface area contributed by atoms with Gasteiger partial charge in [0.15, 0.2) is 0 Å². The Labute approximate surface area is 87.6 Å². The van der Waals surface area contributed by atoms with Gasteiger partial charge in [0.2, 0.25) is 0 Å². The van der Waals surface area contributed by atoms with Gasteiger partial charge in [-0.25, -0.2) is 0 Å². The van der Waals surface area contributed by atoms with Crippen LogP contribution < -0.4 is 0 Å². The van der Waals surface area contributed by atoms with E-state index < -0.39 is 0 Å². The van der Waals surface area contributed by atoms with Gasteiger partial charge in [-0.15, -0.1) is 0 Å². The molecular formula is C13H21N. The molecule has 1 aromatic rings. The first kappa shape index (κ1) is 11.2. The van der Waals surface area contributed by atoms with E-state index in [9.17, 15) is 0 Å². The summed E-state index contributed by atoms with van der Waals surface area (Å²) in [6.07, 6.45) is 10.4. The molecule has 0 aliphatic heterocycles. The van der Waals surface area contributed by atoms with Crippen LogP contribution in [0.2, 0.25) is 0 Å². The van der Waals surface area contributed by atoms with Crippen LogP contribution in [0.3, 0.4) is 0 Å². The molecule has 0 aliphatic rings. The van der Waals surface area contributed by atoms with Crippen molar-refractivity contribution in [1.29, 1.82) is 0 Å². The Bertz CT molecular complexity index is 230. The lowest BCUT2D eigenvalue weighted by Crippen LogP contribution is -1.98. The summed E-state index contributed by atoms with van der Waals surface area (Å²) in [4.78, 5) is 4.07. The van der Waals surface area contributed by atoms with E-state index in [0.717, 1.165) is 5.92 Å². The van der Waals surface area contributed by atoms with Crippen molar-refractivity contribution in [3.63, 3.8) is 0 Å². The van der Waals surface area contributed by atoms with Crippen LogP contribution in [0.4, 0.5) is 0 Å². The first-order valence-electron chi connectivity index (χ1n) is 5.78. The molecule has 1 atom stereocenters. The van der Waals surface area contributed by atoms with Crippen LogP contribution in [0.1, 0.15) is 57.4 Å². The number of aromatic nitrogens is 1. The topological polar surface area (TPSA) is 12.9 Å². The third kappa shape index (κ3) is 3.49. The zero-order valence-electron chi connectivity index (χ0n) is 9.37. The summed E-state index contributed by atoms with van der Waals surface area (Å²) in [6.45, 7) is 4.52. The molecule has 0 N–H and O–H groups in total. The number of unbranched alkanes of at least 4 members (excludes halogenated alkanes) is 1. The average molecular weight is 191 g/mol. The van der Waals surface area contributed by atoms with Crippen LogP contribution in [0, 0.1) is 0 Å². The SMILES string of the molecule is CCCCC(CCC)c1ccncc1. The van der Waals surface area contributed by atoms with Crippen LogP contribution in [0.25, 0.3) is 0 Å². The van der Waals surface area contributed by atoms with Gasteiger partial charge in [-0.3, -0.25) is 4.98 Å². The molecule has 1 aromatic heterocycles. The molecule has 0 saturated heterocycles. The van der Waals surface area contributed by atoms with Gasteiger partial charge in [0.1, 0.15) is 0 Å². The summed E-state index contributed by atoms with van der Waals surface area (Å²) in [7, 11) is 0. The molecule has 14 heavy (non-hydrogen) atoms. The summed E-state index contributed by atoms with van der Waals surface area (Å²) in [6, 6.07) is 4.33. The van der Waals surface area contributed by atoms with Gasteiger partial charge in [-0.1, -0.05) is 33.1 Å². The van der Waals surface area contributed by atoms with Gasteiger partial charge in [0, 0.05) is 12.4 Å². The molecule has 0 amide bonds. The Balaban J connectivity index is 2.58. The van der Waals surface area contributed by atoms with Gasteiger partial charge < -0.3 is 0 Å². The molecule has 0 bridgehead atoms. The standard InChI is InChI=1S/C13H21N/c1-3-5-7-12(6-4-2)13-8-10-14-11-9-13/h8-12H,3-7H2,1-2H3. The van der Waals surface area contributed by atoms with Gasteiger partial charge >= 0.3 is 0 Å². The van der Waals surface area contributed by atoms with E-state index in [1.165, 1.54) is 37.7 Å². The van der Waals surface area contributed by atoms with Crippen LogP contribution in [-0.2, 0) is 0 Å². The van der Waals surface area contributed by atoms with E-state index in [2.05, 4.69) is 31.0 Å². The first-order valence-corrected chi connectivity index (χ1v) is 5.78. The maximum absolute atomic E-state index is 4.07. The molecule has 1 nitrogen and oxygen atoms in total. The highest BCUT2D eigenvalue weighted by molar-refractivity contribution is 5.15. The lowest BCUT2D eigenvalue weighted by Gasteiger charge is -2.15. The van der Waals surface area contributed by atoms with Gasteiger partial charge in [0.25, 0.3) is 0 Å². The van der Waals surface area contributed by atoms with Crippen LogP contribution >= 0.6 is 0 Å². The average Bonchev–Trinajstić information content (AvgIpc) is 2.25. The minimum absolute atomic E-state index is 0.753. The Kier molecular flexibility index (Phi) is 5.28. The predicted molar refractivity (Wildman–Crippen MR) is 61.4 cm³/mol. The first-order chi connectivity index (χ1) is 6.88. The molecule has 0 radical (unpaired) electrons.